The van der Waals surface area contributed by atoms with Gasteiger partial charge in [0.2, 0.25) is 0 Å². The van der Waals surface area contributed by atoms with Crippen LogP contribution in [-0.4, -0.2) is 6.61 Å². The predicted octanol–water partition coefficient (Wildman–Crippen LogP) is 2.58. The fourth-order valence-electron chi connectivity index (χ4n) is 0.735. The molecule has 2 rings (SSSR count). The molecular weight excluding hydrogens is 200 g/mol. The molecule has 0 unspecified atom stereocenters. The maximum Gasteiger partial charge on any atom is 0.116 e. The average molecular weight is 205 g/mol. The molecule has 3 heteroatoms. The quantitative estimate of drug-likeness (QED) is 0.642. The summed E-state index contributed by atoms with van der Waals surface area (Å²) in [6, 6.07) is 2.06. The SMILES string of the molecule is Brc1ccsc1[C@H]1CO1. The van der Waals surface area contributed by atoms with Crippen LogP contribution < -0.4 is 0 Å². The molecule has 0 radical (unpaired) electrons. The molecule has 1 atom stereocenters. The lowest BCUT2D eigenvalue weighted by Crippen LogP contribution is -1.70. The second kappa shape index (κ2) is 2.08. The smallest absolute Gasteiger partial charge is 0.116 e. The van der Waals surface area contributed by atoms with E-state index in [1.165, 1.54) is 9.35 Å². The lowest BCUT2D eigenvalue weighted by Gasteiger charge is -1.86. The molecule has 0 N–H and O–H groups in total. The highest BCUT2D eigenvalue weighted by Gasteiger charge is 2.27. The molecular formula is C6H5BrOS. The first-order valence-electron chi connectivity index (χ1n) is 2.72. The molecule has 0 aliphatic carbocycles. The van der Waals surface area contributed by atoms with Gasteiger partial charge in [-0.2, -0.15) is 0 Å². The summed E-state index contributed by atoms with van der Waals surface area (Å²) in [5, 5.41) is 2.07. The molecule has 1 fully saturated rings. The number of thiophene rings is 1. The summed E-state index contributed by atoms with van der Waals surface area (Å²) in [4.78, 5) is 1.33. The van der Waals surface area contributed by atoms with Gasteiger partial charge < -0.3 is 4.74 Å². The van der Waals surface area contributed by atoms with Crippen LogP contribution in [0.2, 0.25) is 0 Å². The Morgan fingerprint density at radius 1 is 1.78 bits per heavy atom. The first-order valence-corrected chi connectivity index (χ1v) is 4.39. The molecule has 0 amide bonds. The highest BCUT2D eigenvalue weighted by Crippen LogP contribution is 2.38. The van der Waals surface area contributed by atoms with E-state index in [-0.39, 0.29) is 0 Å². The van der Waals surface area contributed by atoms with Gasteiger partial charge in [0.15, 0.2) is 0 Å². The molecule has 1 aliphatic heterocycles. The van der Waals surface area contributed by atoms with Crippen molar-refractivity contribution in [2.75, 3.05) is 6.61 Å². The first-order chi connectivity index (χ1) is 4.38. The van der Waals surface area contributed by atoms with Crippen molar-refractivity contribution in [3.05, 3.63) is 20.8 Å². The minimum Gasteiger partial charge on any atom is -0.367 e. The van der Waals surface area contributed by atoms with Crippen LogP contribution in [0.3, 0.4) is 0 Å². The van der Waals surface area contributed by atoms with Crippen molar-refractivity contribution in [2.24, 2.45) is 0 Å². The Labute approximate surface area is 65.8 Å². The molecule has 1 aliphatic rings. The highest BCUT2D eigenvalue weighted by molar-refractivity contribution is 9.10. The number of halogens is 1. The Balaban J connectivity index is 2.35. The molecule has 0 spiro atoms. The third kappa shape index (κ3) is 1.04. The summed E-state index contributed by atoms with van der Waals surface area (Å²) in [5.74, 6) is 0. The summed E-state index contributed by atoms with van der Waals surface area (Å²) in [6.45, 7) is 0.902. The minimum atomic E-state index is 0.402. The van der Waals surface area contributed by atoms with Gasteiger partial charge in [-0.05, 0) is 27.4 Å². The number of rotatable bonds is 1. The van der Waals surface area contributed by atoms with Crippen LogP contribution in [0.1, 0.15) is 11.0 Å². The van der Waals surface area contributed by atoms with E-state index in [9.17, 15) is 0 Å². The van der Waals surface area contributed by atoms with Crippen molar-refractivity contribution in [3.8, 4) is 0 Å². The molecule has 1 aromatic rings. The van der Waals surface area contributed by atoms with Crippen molar-refractivity contribution in [1.29, 1.82) is 0 Å². The lowest BCUT2D eigenvalue weighted by molar-refractivity contribution is 0.418. The van der Waals surface area contributed by atoms with E-state index >= 15 is 0 Å². The number of ether oxygens (including phenoxy) is 1. The second-order valence-corrected chi connectivity index (χ2v) is 3.76. The highest BCUT2D eigenvalue weighted by atomic mass is 79.9. The maximum absolute atomic E-state index is 5.11. The summed E-state index contributed by atoms with van der Waals surface area (Å²) in [7, 11) is 0. The van der Waals surface area contributed by atoms with Crippen molar-refractivity contribution < 1.29 is 4.74 Å². The van der Waals surface area contributed by atoms with Gasteiger partial charge in [0, 0.05) is 9.35 Å². The van der Waals surface area contributed by atoms with Gasteiger partial charge in [0.05, 0.1) is 6.61 Å². The molecule has 1 aromatic heterocycles. The van der Waals surface area contributed by atoms with Gasteiger partial charge in [0.1, 0.15) is 6.10 Å². The molecule has 1 nitrogen and oxygen atoms in total. The summed E-state index contributed by atoms with van der Waals surface area (Å²) in [5.41, 5.74) is 0. The van der Waals surface area contributed by atoms with Gasteiger partial charge in [0.25, 0.3) is 0 Å². The fourth-order valence-corrected chi connectivity index (χ4v) is 2.40. The number of hydrogen-bond acceptors (Lipinski definition) is 2. The van der Waals surface area contributed by atoms with E-state index in [1.807, 2.05) is 0 Å². The number of epoxide rings is 1. The Bertz CT molecular complexity index is 217. The topological polar surface area (TPSA) is 12.5 Å². The third-order valence-corrected chi connectivity index (χ3v) is 3.23. The fraction of sp³-hybridized carbons (Fsp3) is 0.333. The van der Waals surface area contributed by atoms with Crippen molar-refractivity contribution in [1.82, 2.24) is 0 Å². The lowest BCUT2D eigenvalue weighted by atomic mass is 10.4. The third-order valence-electron chi connectivity index (χ3n) is 1.27. The van der Waals surface area contributed by atoms with Crippen LogP contribution >= 0.6 is 27.3 Å². The first kappa shape index (κ1) is 5.89. The van der Waals surface area contributed by atoms with Gasteiger partial charge in [-0.3, -0.25) is 0 Å². The van der Waals surface area contributed by atoms with Crippen LogP contribution in [-0.2, 0) is 4.74 Å². The van der Waals surface area contributed by atoms with Crippen molar-refractivity contribution >= 4 is 27.3 Å². The Kier molecular flexibility index (Phi) is 1.36. The molecule has 0 bridgehead atoms. The van der Waals surface area contributed by atoms with Gasteiger partial charge in [-0.25, -0.2) is 0 Å². The molecule has 9 heavy (non-hydrogen) atoms. The Morgan fingerprint density at radius 3 is 3.00 bits per heavy atom. The average Bonchev–Trinajstić information content (AvgIpc) is 2.58. The van der Waals surface area contributed by atoms with Gasteiger partial charge in [-0.1, -0.05) is 0 Å². The molecule has 48 valence electrons. The van der Waals surface area contributed by atoms with Crippen molar-refractivity contribution in [3.63, 3.8) is 0 Å². The summed E-state index contributed by atoms with van der Waals surface area (Å²) >= 11 is 5.19. The molecule has 0 saturated carbocycles. The van der Waals surface area contributed by atoms with Crippen LogP contribution in [0.5, 0.6) is 0 Å². The standard InChI is InChI=1S/C6H5BrOS/c7-4-1-2-9-6(4)5-3-8-5/h1-2,5H,3H2/t5-/m1/s1. The molecule has 1 saturated heterocycles. The Morgan fingerprint density at radius 2 is 2.56 bits per heavy atom. The molecule has 2 heterocycles. The van der Waals surface area contributed by atoms with E-state index in [4.69, 9.17) is 4.74 Å². The summed E-state index contributed by atoms with van der Waals surface area (Å²) < 4.78 is 6.30. The minimum absolute atomic E-state index is 0.402. The van der Waals surface area contributed by atoms with Gasteiger partial charge >= 0.3 is 0 Å². The zero-order valence-electron chi connectivity index (χ0n) is 4.63. The maximum atomic E-state index is 5.11. The van der Waals surface area contributed by atoms with E-state index in [0.717, 1.165) is 6.61 Å². The van der Waals surface area contributed by atoms with E-state index in [0.29, 0.717) is 6.10 Å². The van der Waals surface area contributed by atoms with Crippen molar-refractivity contribution in [2.45, 2.75) is 6.10 Å². The van der Waals surface area contributed by atoms with E-state index in [2.05, 4.69) is 27.4 Å². The van der Waals surface area contributed by atoms with E-state index in [1.54, 1.807) is 11.3 Å². The monoisotopic (exact) mass is 204 g/mol. The van der Waals surface area contributed by atoms with Crippen LogP contribution in [0.15, 0.2) is 15.9 Å². The zero-order chi connectivity index (χ0) is 6.27. The van der Waals surface area contributed by atoms with Crippen LogP contribution in [0.25, 0.3) is 0 Å². The zero-order valence-corrected chi connectivity index (χ0v) is 7.04. The Hall–Kier alpha value is 0.140. The second-order valence-electron chi connectivity index (χ2n) is 1.95. The van der Waals surface area contributed by atoms with E-state index < -0.39 is 0 Å². The normalized spacial score (nSPS) is 24.3. The van der Waals surface area contributed by atoms with Gasteiger partial charge in [-0.15, -0.1) is 11.3 Å². The molecule has 0 aromatic carbocycles. The summed E-state index contributed by atoms with van der Waals surface area (Å²) in [6.07, 6.45) is 0.402. The van der Waals surface area contributed by atoms with Crippen LogP contribution in [0, 0.1) is 0 Å². The predicted molar refractivity (Wildman–Crippen MR) is 40.7 cm³/mol. The largest absolute Gasteiger partial charge is 0.367 e. The van der Waals surface area contributed by atoms with Crippen LogP contribution in [0.4, 0.5) is 0 Å². The number of hydrogen-bond donors (Lipinski definition) is 0.